The van der Waals surface area contributed by atoms with Crippen LogP contribution in [0.1, 0.15) is 12.5 Å². The van der Waals surface area contributed by atoms with Gasteiger partial charge in [-0.05, 0) is 18.6 Å². The summed E-state index contributed by atoms with van der Waals surface area (Å²) in [7, 11) is -2.67. The number of rotatable bonds is 5. The first-order valence-corrected chi connectivity index (χ1v) is 9.57. The second kappa shape index (κ2) is 5.65. The Labute approximate surface area is 108 Å². The summed E-state index contributed by atoms with van der Waals surface area (Å²) in [5, 5.41) is 0. The molecular formula is C14H20F2OSi. The summed E-state index contributed by atoms with van der Waals surface area (Å²) < 4.78 is 33.9. The predicted octanol–water partition coefficient (Wildman–Crippen LogP) is 4.58. The van der Waals surface area contributed by atoms with E-state index in [9.17, 15) is 8.78 Å². The van der Waals surface area contributed by atoms with Crippen molar-refractivity contribution < 1.29 is 13.5 Å². The van der Waals surface area contributed by atoms with Gasteiger partial charge in [0.2, 0.25) is 0 Å². The minimum absolute atomic E-state index is 0.213. The predicted molar refractivity (Wildman–Crippen MR) is 74.3 cm³/mol. The number of ether oxygens (including phenoxy) is 1. The highest BCUT2D eigenvalue weighted by Gasteiger charge is 2.49. The molecule has 1 rings (SSSR count). The summed E-state index contributed by atoms with van der Waals surface area (Å²) in [6.07, 6.45) is 1.45. The highest BCUT2D eigenvalue weighted by atomic mass is 28.3. The summed E-state index contributed by atoms with van der Waals surface area (Å²) >= 11 is 0. The zero-order chi connectivity index (χ0) is 13.8. The topological polar surface area (TPSA) is 9.23 Å². The Kier molecular flexibility index (Phi) is 4.68. The van der Waals surface area contributed by atoms with E-state index >= 15 is 0 Å². The third-order valence-electron chi connectivity index (χ3n) is 2.65. The smallest absolute Gasteiger partial charge is 0.283 e. The second-order valence-corrected chi connectivity index (χ2v) is 10.3. The van der Waals surface area contributed by atoms with E-state index in [0.717, 1.165) is 5.56 Å². The minimum Gasteiger partial charge on any atom is -0.492 e. The van der Waals surface area contributed by atoms with E-state index < -0.39 is 13.6 Å². The van der Waals surface area contributed by atoms with Crippen LogP contribution in [0.2, 0.25) is 19.6 Å². The molecule has 0 unspecified atom stereocenters. The molecule has 0 saturated carbocycles. The van der Waals surface area contributed by atoms with Crippen molar-refractivity contribution in [2.75, 3.05) is 6.61 Å². The summed E-state index contributed by atoms with van der Waals surface area (Å²) in [5.41, 5.74) is -2.13. The monoisotopic (exact) mass is 270 g/mol. The maximum absolute atomic E-state index is 14.3. The van der Waals surface area contributed by atoms with Crippen LogP contribution in [0.4, 0.5) is 8.78 Å². The van der Waals surface area contributed by atoms with Crippen molar-refractivity contribution in [3.8, 4) is 0 Å². The summed E-state index contributed by atoms with van der Waals surface area (Å²) in [6.45, 7) is 6.90. The average Bonchev–Trinajstić information content (AvgIpc) is 2.28. The molecule has 0 aromatic heterocycles. The third-order valence-corrected chi connectivity index (χ3v) is 4.78. The molecule has 0 atom stereocenters. The summed E-state index contributed by atoms with van der Waals surface area (Å²) in [5.74, 6) is -0.213. The van der Waals surface area contributed by atoms with Crippen LogP contribution in [0.3, 0.4) is 0 Å². The second-order valence-electron chi connectivity index (χ2n) is 5.18. The lowest BCUT2D eigenvalue weighted by molar-refractivity contribution is 0.0445. The zero-order valence-electron chi connectivity index (χ0n) is 11.3. The molecule has 0 saturated heterocycles. The average molecular weight is 270 g/mol. The van der Waals surface area contributed by atoms with Crippen molar-refractivity contribution in [2.45, 2.75) is 32.1 Å². The van der Waals surface area contributed by atoms with Gasteiger partial charge in [-0.1, -0.05) is 50.0 Å². The highest BCUT2D eigenvalue weighted by molar-refractivity contribution is 6.79. The molecule has 0 aliphatic heterocycles. The van der Waals surface area contributed by atoms with Crippen LogP contribution in [-0.4, -0.2) is 20.2 Å². The fourth-order valence-corrected chi connectivity index (χ4v) is 2.33. The molecule has 4 heteroatoms. The highest BCUT2D eigenvalue weighted by Crippen LogP contribution is 2.36. The number of hydrogen-bond acceptors (Lipinski definition) is 1. The summed E-state index contributed by atoms with van der Waals surface area (Å²) in [4.78, 5) is 0. The van der Waals surface area contributed by atoms with Crippen molar-refractivity contribution in [2.24, 2.45) is 0 Å². The first-order chi connectivity index (χ1) is 8.29. The maximum atomic E-state index is 14.3. The third kappa shape index (κ3) is 3.42. The van der Waals surface area contributed by atoms with E-state index in [1.54, 1.807) is 38.7 Å². The fourth-order valence-electron chi connectivity index (χ4n) is 1.45. The number of alkyl halides is 2. The van der Waals surface area contributed by atoms with Gasteiger partial charge in [0.05, 0.1) is 6.61 Å². The minimum atomic E-state index is -2.86. The van der Waals surface area contributed by atoms with Gasteiger partial charge in [0.15, 0.2) is 5.76 Å². The number of hydrogen-bond donors (Lipinski definition) is 0. The van der Waals surface area contributed by atoms with E-state index in [1.807, 2.05) is 18.2 Å². The molecule has 0 fully saturated rings. The Balaban J connectivity index is 3.15. The van der Waals surface area contributed by atoms with Gasteiger partial charge in [0.1, 0.15) is 8.07 Å². The molecule has 0 aliphatic rings. The SMILES string of the molecule is CCO/C(=C\c1ccccc1)C(F)(F)[Si](C)(C)C. The van der Waals surface area contributed by atoms with E-state index in [0.29, 0.717) is 0 Å². The quantitative estimate of drug-likeness (QED) is 0.562. The van der Waals surface area contributed by atoms with Gasteiger partial charge in [-0.2, -0.15) is 0 Å². The molecule has 0 N–H and O–H groups in total. The van der Waals surface area contributed by atoms with Gasteiger partial charge in [-0.3, -0.25) is 0 Å². The standard InChI is InChI=1S/C14H20F2OSi/c1-5-17-13(14(15,16)18(2,3)4)11-12-9-7-6-8-10-12/h6-11H,5H2,1-4H3/b13-11-. The first-order valence-electron chi connectivity index (χ1n) is 6.07. The first kappa shape index (κ1) is 14.9. The molecule has 100 valence electrons. The Bertz CT molecular complexity index is 408. The molecule has 0 spiro atoms. The van der Waals surface area contributed by atoms with Gasteiger partial charge < -0.3 is 4.74 Å². The molecule has 18 heavy (non-hydrogen) atoms. The van der Waals surface area contributed by atoms with E-state index in [-0.39, 0.29) is 12.4 Å². The Hall–Kier alpha value is -1.16. The van der Waals surface area contributed by atoms with Crippen LogP contribution in [0, 0.1) is 0 Å². The van der Waals surface area contributed by atoms with Crippen molar-refractivity contribution in [1.82, 2.24) is 0 Å². The molecule has 1 nitrogen and oxygen atoms in total. The van der Waals surface area contributed by atoms with Crippen molar-refractivity contribution in [3.05, 3.63) is 41.7 Å². The molecule has 0 heterocycles. The normalized spacial score (nSPS) is 13.6. The van der Waals surface area contributed by atoms with Crippen molar-refractivity contribution in [3.63, 3.8) is 0 Å². The largest absolute Gasteiger partial charge is 0.492 e. The molecule has 0 aliphatic carbocycles. The maximum Gasteiger partial charge on any atom is 0.283 e. The number of allylic oxidation sites excluding steroid dienone is 1. The van der Waals surface area contributed by atoms with Gasteiger partial charge in [0, 0.05) is 0 Å². The summed E-state index contributed by atoms with van der Waals surface area (Å²) in [6, 6.07) is 9.08. The van der Waals surface area contributed by atoms with Gasteiger partial charge in [-0.25, -0.2) is 8.78 Å². The molecular weight excluding hydrogens is 250 g/mol. The van der Waals surface area contributed by atoms with Gasteiger partial charge in [0.25, 0.3) is 5.55 Å². The lowest BCUT2D eigenvalue weighted by Crippen LogP contribution is -2.47. The van der Waals surface area contributed by atoms with Crippen LogP contribution < -0.4 is 0 Å². The van der Waals surface area contributed by atoms with E-state index in [2.05, 4.69) is 0 Å². The Morgan fingerprint density at radius 3 is 2.22 bits per heavy atom. The Morgan fingerprint density at radius 2 is 1.78 bits per heavy atom. The molecule has 0 amide bonds. The van der Waals surface area contributed by atoms with Crippen LogP contribution in [0.5, 0.6) is 0 Å². The van der Waals surface area contributed by atoms with Crippen LogP contribution in [0.25, 0.3) is 6.08 Å². The van der Waals surface area contributed by atoms with Gasteiger partial charge in [-0.15, -0.1) is 0 Å². The molecule has 0 bridgehead atoms. The van der Waals surface area contributed by atoms with Crippen molar-refractivity contribution >= 4 is 14.1 Å². The van der Waals surface area contributed by atoms with Crippen LogP contribution in [0.15, 0.2) is 36.1 Å². The lowest BCUT2D eigenvalue weighted by Gasteiger charge is -2.30. The number of halogens is 2. The van der Waals surface area contributed by atoms with Crippen molar-refractivity contribution in [1.29, 1.82) is 0 Å². The number of benzene rings is 1. The molecule has 0 radical (unpaired) electrons. The van der Waals surface area contributed by atoms with Crippen LogP contribution in [-0.2, 0) is 4.74 Å². The van der Waals surface area contributed by atoms with E-state index in [4.69, 9.17) is 4.74 Å². The molecule has 1 aromatic carbocycles. The Morgan fingerprint density at radius 1 is 1.22 bits per heavy atom. The molecule has 1 aromatic rings. The zero-order valence-corrected chi connectivity index (χ0v) is 12.3. The lowest BCUT2D eigenvalue weighted by atomic mass is 10.2. The van der Waals surface area contributed by atoms with Crippen LogP contribution >= 0.6 is 0 Å². The van der Waals surface area contributed by atoms with Gasteiger partial charge >= 0.3 is 0 Å². The fraction of sp³-hybridized carbons (Fsp3) is 0.429. The van der Waals surface area contributed by atoms with E-state index in [1.165, 1.54) is 6.08 Å².